The number of amides is 2. The molecule has 148 valence electrons. The van der Waals surface area contributed by atoms with Crippen LogP contribution < -0.4 is 16.5 Å². The molecular formula is C20H29N3O4. The molecule has 1 atom stereocenters. The molecule has 0 saturated heterocycles. The van der Waals surface area contributed by atoms with E-state index in [9.17, 15) is 9.59 Å². The van der Waals surface area contributed by atoms with Crippen LogP contribution in [0.2, 0.25) is 0 Å². The summed E-state index contributed by atoms with van der Waals surface area (Å²) in [7, 11) is 1.00. The van der Waals surface area contributed by atoms with E-state index in [2.05, 4.69) is 30.3 Å². The molecule has 0 radical (unpaired) electrons. The third-order valence-electron chi connectivity index (χ3n) is 3.54. The van der Waals surface area contributed by atoms with Crippen LogP contribution in [0.15, 0.2) is 37.4 Å². The third kappa shape index (κ3) is 8.51. The van der Waals surface area contributed by atoms with E-state index in [4.69, 9.17) is 16.0 Å². The summed E-state index contributed by atoms with van der Waals surface area (Å²) in [4.78, 5) is 23.9. The number of nitrogens with two attached hydrogens (primary N) is 1. The molecule has 1 saturated carbocycles. The van der Waals surface area contributed by atoms with Gasteiger partial charge in [0.1, 0.15) is 6.04 Å². The van der Waals surface area contributed by atoms with Crippen molar-refractivity contribution in [3.8, 4) is 11.8 Å². The fourth-order valence-electron chi connectivity index (χ4n) is 1.99. The first-order chi connectivity index (χ1) is 12.8. The van der Waals surface area contributed by atoms with Crippen LogP contribution in [-0.2, 0) is 4.79 Å². The smallest absolute Gasteiger partial charge is 0.267 e. The highest BCUT2D eigenvalue weighted by Crippen LogP contribution is 2.27. The van der Waals surface area contributed by atoms with Crippen LogP contribution in [0, 0.1) is 17.8 Å². The van der Waals surface area contributed by atoms with Crippen LogP contribution in [0.5, 0.6) is 0 Å². The predicted octanol–water partition coefficient (Wildman–Crippen LogP) is 1.20. The maximum atomic E-state index is 12.2. The highest BCUT2D eigenvalue weighted by atomic mass is 16.5. The number of hydrogen-bond acceptors (Lipinski definition) is 5. The molecule has 1 fully saturated rings. The van der Waals surface area contributed by atoms with Gasteiger partial charge in [-0.1, -0.05) is 11.8 Å². The van der Waals surface area contributed by atoms with Crippen LogP contribution >= 0.6 is 0 Å². The second kappa shape index (κ2) is 11.9. The summed E-state index contributed by atoms with van der Waals surface area (Å²) < 4.78 is 0. The fraction of sp³-hybridized carbons (Fsp3) is 0.400. The average molecular weight is 375 g/mol. The fourth-order valence-corrected chi connectivity index (χ4v) is 1.99. The topological polar surface area (TPSA) is 125 Å². The number of hydroxylamine groups is 1. The Labute approximate surface area is 160 Å². The molecule has 1 aliphatic carbocycles. The lowest BCUT2D eigenvalue weighted by Crippen LogP contribution is -2.61. The summed E-state index contributed by atoms with van der Waals surface area (Å²) in [5.74, 6) is 5.52. The second-order valence-corrected chi connectivity index (χ2v) is 6.32. The van der Waals surface area contributed by atoms with Crippen molar-refractivity contribution in [2.75, 3.05) is 7.11 Å². The van der Waals surface area contributed by atoms with Crippen LogP contribution in [0.3, 0.4) is 0 Å². The predicted molar refractivity (Wildman–Crippen MR) is 105 cm³/mol. The first kappa shape index (κ1) is 24.3. The van der Waals surface area contributed by atoms with Crippen molar-refractivity contribution in [2.45, 2.75) is 38.3 Å². The van der Waals surface area contributed by atoms with Crippen LogP contribution in [-0.4, -0.2) is 40.8 Å². The van der Waals surface area contributed by atoms with Crippen molar-refractivity contribution in [2.24, 2.45) is 11.7 Å². The number of carbonyl (C=O) groups is 2. The Bertz CT molecular complexity index is 665. The summed E-state index contributed by atoms with van der Waals surface area (Å²) in [5, 5.41) is 18.3. The molecule has 0 aliphatic heterocycles. The maximum absolute atomic E-state index is 12.2. The van der Waals surface area contributed by atoms with Gasteiger partial charge >= 0.3 is 0 Å². The SMILES string of the molecule is C=C.CC(C)(N)C(NC(=O)c1ccc(C#CC2CC2)cc1)C(=O)NO.CO. The largest absolute Gasteiger partial charge is 0.400 e. The molecule has 1 aromatic rings. The van der Waals surface area contributed by atoms with Crippen molar-refractivity contribution in [1.29, 1.82) is 0 Å². The minimum absolute atomic E-state index is 0.391. The molecule has 2 rings (SSSR count). The molecule has 2 amide bonds. The summed E-state index contributed by atoms with van der Waals surface area (Å²) in [6, 6.07) is 5.75. The molecule has 27 heavy (non-hydrogen) atoms. The number of carbonyl (C=O) groups excluding carboxylic acids is 2. The van der Waals surface area contributed by atoms with Gasteiger partial charge in [-0.15, -0.1) is 13.2 Å². The number of benzene rings is 1. The lowest BCUT2D eigenvalue weighted by molar-refractivity contribution is -0.132. The molecule has 1 unspecified atom stereocenters. The Morgan fingerprint density at radius 2 is 1.74 bits per heavy atom. The van der Waals surface area contributed by atoms with Gasteiger partial charge in [0.15, 0.2) is 0 Å². The molecule has 0 bridgehead atoms. The number of aliphatic hydroxyl groups excluding tert-OH is 1. The Hall–Kier alpha value is -2.66. The number of rotatable bonds is 4. The molecular weight excluding hydrogens is 346 g/mol. The lowest BCUT2D eigenvalue weighted by Gasteiger charge is -2.29. The van der Waals surface area contributed by atoms with Gasteiger partial charge in [-0.25, -0.2) is 5.48 Å². The van der Waals surface area contributed by atoms with E-state index in [1.807, 2.05) is 0 Å². The van der Waals surface area contributed by atoms with Gasteiger partial charge < -0.3 is 16.2 Å². The van der Waals surface area contributed by atoms with E-state index >= 15 is 0 Å². The average Bonchev–Trinajstić information content (AvgIpc) is 3.51. The van der Waals surface area contributed by atoms with Crippen molar-refractivity contribution >= 4 is 11.8 Å². The molecule has 7 heteroatoms. The summed E-state index contributed by atoms with van der Waals surface area (Å²) >= 11 is 0. The zero-order valence-electron chi connectivity index (χ0n) is 16.1. The minimum atomic E-state index is -1.06. The Balaban J connectivity index is 0.00000158. The first-order valence-corrected chi connectivity index (χ1v) is 8.41. The van der Waals surface area contributed by atoms with Gasteiger partial charge in [-0.05, 0) is 51.0 Å². The van der Waals surface area contributed by atoms with Crippen LogP contribution in [0.1, 0.15) is 42.6 Å². The van der Waals surface area contributed by atoms with Crippen LogP contribution in [0.4, 0.5) is 0 Å². The molecule has 6 N–H and O–H groups in total. The first-order valence-electron chi connectivity index (χ1n) is 8.41. The van der Waals surface area contributed by atoms with E-state index in [1.165, 1.54) is 5.48 Å². The van der Waals surface area contributed by atoms with Gasteiger partial charge in [0.2, 0.25) is 0 Å². The summed E-state index contributed by atoms with van der Waals surface area (Å²) in [5.41, 5.74) is 7.60. The molecule has 1 aromatic carbocycles. The monoisotopic (exact) mass is 375 g/mol. The molecule has 0 heterocycles. The molecule has 0 aromatic heterocycles. The van der Waals surface area contributed by atoms with Gasteiger partial charge in [0, 0.05) is 29.7 Å². The van der Waals surface area contributed by atoms with Gasteiger partial charge in [0.05, 0.1) is 0 Å². The summed E-state index contributed by atoms with van der Waals surface area (Å²) in [6.07, 6.45) is 2.33. The van der Waals surface area contributed by atoms with Gasteiger partial charge in [0.25, 0.3) is 11.8 Å². The zero-order chi connectivity index (χ0) is 21.0. The highest BCUT2D eigenvalue weighted by Gasteiger charge is 2.33. The number of aliphatic hydroxyl groups is 1. The van der Waals surface area contributed by atoms with Crippen LogP contribution in [0.25, 0.3) is 0 Å². The lowest BCUT2D eigenvalue weighted by atomic mass is 9.95. The Morgan fingerprint density at radius 3 is 2.15 bits per heavy atom. The van der Waals surface area contributed by atoms with E-state index in [1.54, 1.807) is 38.1 Å². The van der Waals surface area contributed by atoms with E-state index in [0.29, 0.717) is 11.5 Å². The highest BCUT2D eigenvalue weighted by molar-refractivity contribution is 5.97. The van der Waals surface area contributed by atoms with E-state index < -0.39 is 23.4 Å². The Morgan fingerprint density at radius 1 is 1.22 bits per heavy atom. The standard InChI is InChI=1S/C17H21N3O3.C2H4.CH4O/c1-17(2,18)14(16(22)20-23)19-15(21)13-9-7-12(8-10-13)6-5-11-3-4-11;2*1-2/h7-11,14,23H,3-4,18H2,1-2H3,(H,19,21)(H,20,22);1-2H2;2H,1H3. The molecule has 0 spiro atoms. The maximum Gasteiger partial charge on any atom is 0.267 e. The van der Waals surface area contributed by atoms with Gasteiger partial charge in [-0.2, -0.15) is 0 Å². The molecule has 1 aliphatic rings. The van der Waals surface area contributed by atoms with Gasteiger partial charge in [-0.3, -0.25) is 14.8 Å². The van der Waals surface area contributed by atoms with Crippen molar-refractivity contribution < 1.29 is 19.9 Å². The second-order valence-electron chi connectivity index (χ2n) is 6.32. The summed E-state index contributed by atoms with van der Waals surface area (Å²) in [6.45, 7) is 9.17. The molecule has 7 nitrogen and oxygen atoms in total. The van der Waals surface area contributed by atoms with E-state index in [-0.39, 0.29) is 0 Å². The zero-order valence-corrected chi connectivity index (χ0v) is 16.1. The number of hydrogen-bond donors (Lipinski definition) is 5. The van der Waals surface area contributed by atoms with Crippen molar-refractivity contribution in [1.82, 2.24) is 10.8 Å². The minimum Gasteiger partial charge on any atom is -0.400 e. The Kier molecular flexibility index (Phi) is 10.7. The quantitative estimate of drug-likeness (QED) is 0.234. The third-order valence-corrected chi connectivity index (χ3v) is 3.54. The number of nitrogens with one attached hydrogen (secondary N) is 2. The van der Waals surface area contributed by atoms with Crippen molar-refractivity contribution in [3.05, 3.63) is 48.6 Å². The normalized spacial score (nSPS) is 13.3. The van der Waals surface area contributed by atoms with Crippen molar-refractivity contribution in [3.63, 3.8) is 0 Å². The van der Waals surface area contributed by atoms with E-state index in [0.717, 1.165) is 25.5 Å².